The molecule has 202 valence electrons. The zero-order valence-corrected chi connectivity index (χ0v) is 24.0. The van der Waals surface area contributed by atoms with Crippen LogP contribution in [0.4, 0.5) is 0 Å². The molecule has 8 atom stereocenters. The lowest BCUT2D eigenvalue weighted by molar-refractivity contribution is -0.232. The third-order valence-electron chi connectivity index (χ3n) is 13.5. The summed E-state index contributed by atoms with van der Waals surface area (Å²) in [5, 5.41) is 13.5. The number of Topliss-reactive ketones (excluding diaryl/α,β-unsaturated/α-hetero) is 1. The van der Waals surface area contributed by atoms with Gasteiger partial charge in [-0.25, -0.2) is 0 Å². The largest absolute Gasteiger partial charge is 0.469 e. The molecule has 0 aliphatic heterocycles. The lowest BCUT2D eigenvalue weighted by Crippen LogP contribution is -2.69. The SMILES string of the molecule is COC(=O)[C@]12CCC(C)(C)CC1C1C(=O)CC3[C@@]4(C)CC/C(=N\O)C(C)(C)C4CC[C@@]3(C)[C@]1(C)CC2. The normalized spacial score (nSPS) is 50.3. The van der Waals surface area contributed by atoms with E-state index in [2.05, 4.69) is 53.6 Å². The lowest BCUT2D eigenvalue weighted by atomic mass is 9.31. The van der Waals surface area contributed by atoms with E-state index >= 15 is 0 Å². The van der Waals surface area contributed by atoms with Gasteiger partial charge in [-0.05, 0) is 97.2 Å². The summed E-state index contributed by atoms with van der Waals surface area (Å²) < 4.78 is 5.45. The molecule has 5 nitrogen and oxygen atoms in total. The molecule has 0 aromatic heterocycles. The molecule has 0 amide bonds. The minimum absolute atomic E-state index is 0.0387. The van der Waals surface area contributed by atoms with Crippen LogP contribution in [0.25, 0.3) is 0 Å². The van der Waals surface area contributed by atoms with Crippen LogP contribution in [0.15, 0.2) is 5.16 Å². The van der Waals surface area contributed by atoms with Gasteiger partial charge in [0.2, 0.25) is 0 Å². The number of carbonyl (C=O) groups is 2. The molecule has 5 aliphatic carbocycles. The fourth-order valence-corrected chi connectivity index (χ4v) is 11.3. The van der Waals surface area contributed by atoms with Crippen molar-refractivity contribution < 1.29 is 19.5 Å². The summed E-state index contributed by atoms with van der Waals surface area (Å²) in [6.07, 6.45) is 9.17. The van der Waals surface area contributed by atoms with Gasteiger partial charge in [0.25, 0.3) is 0 Å². The molecule has 0 aromatic carbocycles. The van der Waals surface area contributed by atoms with E-state index in [9.17, 15) is 14.8 Å². The molecule has 0 radical (unpaired) electrons. The van der Waals surface area contributed by atoms with Crippen molar-refractivity contribution in [1.82, 2.24) is 0 Å². The molecule has 0 heterocycles. The number of methoxy groups -OCH3 is 1. The molecule has 0 saturated heterocycles. The van der Waals surface area contributed by atoms with Crippen molar-refractivity contribution in [2.45, 2.75) is 113 Å². The summed E-state index contributed by atoms with van der Waals surface area (Å²) in [4.78, 5) is 27.8. The zero-order chi connectivity index (χ0) is 26.5. The van der Waals surface area contributed by atoms with Crippen LogP contribution in [0.2, 0.25) is 0 Å². The highest BCUT2D eigenvalue weighted by molar-refractivity contribution is 5.91. The Morgan fingerprint density at radius 3 is 2.22 bits per heavy atom. The van der Waals surface area contributed by atoms with Crippen LogP contribution in [0.1, 0.15) is 113 Å². The van der Waals surface area contributed by atoms with E-state index in [1.54, 1.807) is 0 Å². The Morgan fingerprint density at radius 1 is 0.917 bits per heavy atom. The zero-order valence-electron chi connectivity index (χ0n) is 24.0. The van der Waals surface area contributed by atoms with Crippen molar-refractivity contribution >= 4 is 17.5 Å². The minimum atomic E-state index is -0.506. The van der Waals surface area contributed by atoms with Crippen molar-refractivity contribution in [2.75, 3.05) is 7.11 Å². The fourth-order valence-electron chi connectivity index (χ4n) is 11.3. The number of rotatable bonds is 1. The average Bonchev–Trinajstić information content (AvgIpc) is 2.79. The van der Waals surface area contributed by atoms with Crippen LogP contribution in [0.5, 0.6) is 0 Å². The average molecular weight is 500 g/mol. The molecule has 4 unspecified atom stereocenters. The maximum absolute atomic E-state index is 14.4. The number of oxime groups is 1. The first-order valence-electron chi connectivity index (χ1n) is 14.5. The summed E-state index contributed by atoms with van der Waals surface area (Å²) in [5.41, 5.74) is 0.353. The van der Waals surface area contributed by atoms with E-state index in [-0.39, 0.29) is 44.9 Å². The topological polar surface area (TPSA) is 76.0 Å². The van der Waals surface area contributed by atoms with Gasteiger partial charge in [0.1, 0.15) is 5.78 Å². The molecule has 0 spiro atoms. The number of hydrogen-bond acceptors (Lipinski definition) is 5. The fraction of sp³-hybridized carbons (Fsp3) is 0.903. The molecule has 5 fully saturated rings. The quantitative estimate of drug-likeness (QED) is 0.238. The molecule has 0 aromatic rings. The first kappa shape index (κ1) is 26.2. The highest BCUT2D eigenvalue weighted by Crippen LogP contribution is 2.76. The second-order valence-corrected chi connectivity index (χ2v) is 15.5. The van der Waals surface area contributed by atoms with Gasteiger partial charge >= 0.3 is 5.97 Å². The molecular formula is C31H49NO4. The van der Waals surface area contributed by atoms with Gasteiger partial charge < -0.3 is 9.94 Å². The molecule has 0 bridgehead atoms. The predicted octanol–water partition coefficient (Wildman–Crippen LogP) is 7.05. The summed E-state index contributed by atoms with van der Waals surface area (Å²) in [6, 6.07) is 0. The van der Waals surface area contributed by atoms with Crippen LogP contribution in [-0.4, -0.2) is 29.8 Å². The van der Waals surface area contributed by atoms with Gasteiger partial charge in [0, 0.05) is 17.8 Å². The third-order valence-corrected chi connectivity index (χ3v) is 13.5. The van der Waals surface area contributed by atoms with Crippen molar-refractivity contribution in [3.05, 3.63) is 0 Å². The summed E-state index contributed by atoms with van der Waals surface area (Å²) in [6.45, 7) is 16.5. The summed E-state index contributed by atoms with van der Waals surface area (Å²) >= 11 is 0. The Morgan fingerprint density at radius 2 is 1.58 bits per heavy atom. The first-order chi connectivity index (χ1) is 16.6. The van der Waals surface area contributed by atoms with E-state index in [4.69, 9.17) is 4.74 Å². The second-order valence-electron chi connectivity index (χ2n) is 15.5. The number of carbonyl (C=O) groups excluding carboxylic acids is 2. The Labute approximate surface area is 218 Å². The van der Waals surface area contributed by atoms with Crippen molar-refractivity contribution in [2.24, 2.45) is 61.3 Å². The standard InChI is InChI=1S/C31H49NO4/c1-26(2)13-15-31(25(34)36-8)16-14-30(7)24(19(31)18-26)20(33)17-22-28(5)11-10-23(32-35)27(3,4)21(28)9-12-29(22,30)6/h19,21-22,24,35H,9-18H2,1-8H3/b32-23+/t19?,21?,22?,24?,28-,29+,30+,31-/m0/s1. The molecular weight excluding hydrogens is 450 g/mol. The van der Waals surface area contributed by atoms with E-state index in [1.807, 2.05) is 0 Å². The summed E-state index contributed by atoms with van der Waals surface area (Å²) in [7, 11) is 1.53. The number of nitrogens with zero attached hydrogens (tertiary/aromatic N) is 1. The molecule has 5 heteroatoms. The first-order valence-corrected chi connectivity index (χ1v) is 14.5. The monoisotopic (exact) mass is 499 g/mol. The van der Waals surface area contributed by atoms with E-state index in [0.717, 1.165) is 63.5 Å². The van der Waals surface area contributed by atoms with Crippen LogP contribution < -0.4 is 0 Å². The smallest absolute Gasteiger partial charge is 0.312 e. The van der Waals surface area contributed by atoms with Gasteiger partial charge in [0.05, 0.1) is 18.2 Å². The van der Waals surface area contributed by atoms with Crippen LogP contribution >= 0.6 is 0 Å². The van der Waals surface area contributed by atoms with E-state index in [0.29, 0.717) is 24.0 Å². The van der Waals surface area contributed by atoms with Crippen molar-refractivity contribution in [3.63, 3.8) is 0 Å². The van der Waals surface area contributed by atoms with Gasteiger partial charge in [-0.3, -0.25) is 9.59 Å². The Kier molecular flexibility index (Phi) is 5.70. The Balaban J connectivity index is 1.59. The van der Waals surface area contributed by atoms with Gasteiger partial charge in [-0.1, -0.05) is 53.6 Å². The van der Waals surface area contributed by atoms with Crippen LogP contribution in [0, 0.1) is 56.2 Å². The highest BCUT2D eigenvalue weighted by Gasteiger charge is 2.73. The summed E-state index contributed by atoms with van der Waals surface area (Å²) in [5.74, 6) is 1.04. The van der Waals surface area contributed by atoms with Crippen LogP contribution in [-0.2, 0) is 14.3 Å². The van der Waals surface area contributed by atoms with E-state index in [1.165, 1.54) is 7.11 Å². The van der Waals surface area contributed by atoms with Gasteiger partial charge in [0.15, 0.2) is 0 Å². The molecule has 36 heavy (non-hydrogen) atoms. The third kappa shape index (κ3) is 3.09. The van der Waals surface area contributed by atoms with Crippen molar-refractivity contribution in [3.8, 4) is 0 Å². The number of ether oxygens (including phenoxy) is 1. The van der Waals surface area contributed by atoms with Crippen LogP contribution in [0.3, 0.4) is 0 Å². The molecule has 5 rings (SSSR count). The number of fused-ring (bicyclic) bond motifs is 7. The predicted molar refractivity (Wildman–Crippen MR) is 141 cm³/mol. The number of esters is 1. The molecule has 5 aliphatic rings. The maximum Gasteiger partial charge on any atom is 0.312 e. The lowest BCUT2D eigenvalue weighted by Gasteiger charge is -2.72. The van der Waals surface area contributed by atoms with Crippen molar-refractivity contribution in [1.29, 1.82) is 0 Å². The number of hydrogen-bond donors (Lipinski definition) is 1. The highest BCUT2D eigenvalue weighted by atomic mass is 16.5. The second kappa shape index (κ2) is 7.82. The van der Waals surface area contributed by atoms with Gasteiger partial charge in [-0.2, -0.15) is 0 Å². The molecule has 1 N–H and O–H groups in total. The molecule has 5 saturated carbocycles. The maximum atomic E-state index is 14.4. The minimum Gasteiger partial charge on any atom is -0.469 e. The Bertz CT molecular complexity index is 999. The van der Waals surface area contributed by atoms with E-state index < -0.39 is 5.41 Å². The number of ketones is 1. The Hall–Kier alpha value is -1.39. The van der Waals surface area contributed by atoms with Gasteiger partial charge in [-0.15, -0.1) is 0 Å².